The molecule has 0 aliphatic carbocycles. The van der Waals surface area contributed by atoms with E-state index in [4.69, 9.17) is 34.8 Å². The first-order valence-electron chi connectivity index (χ1n) is 3.84. The number of hydrogen-bond acceptors (Lipinski definition) is 2. The zero-order valence-corrected chi connectivity index (χ0v) is 9.97. The van der Waals surface area contributed by atoms with Crippen LogP contribution in [0.2, 0.25) is 0 Å². The van der Waals surface area contributed by atoms with E-state index in [1.54, 1.807) is 0 Å². The quantitative estimate of drug-likeness (QED) is 0.675. The molecule has 0 fully saturated rings. The second-order valence-electron chi connectivity index (χ2n) is 3.52. The molecule has 8 heteroatoms. The second kappa shape index (κ2) is 3.57. The highest BCUT2D eigenvalue weighted by atomic mass is 35.5. The number of rotatable bonds is 1. The molecule has 88 valence electrons. The summed E-state index contributed by atoms with van der Waals surface area (Å²) in [7, 11) is 0. The zero-order chi connectivity index (χ0) is 12.1. The van der Waals surface area contributed by atoms with E-state index in [1.807, 2.05) is 0 Å². The minimum absolute atomic E-state index is 1.34. The Hall–Kier alpha value is 0.130. The van der Waals surface area contributed by atoms with Gasteiger partial charge in [-0.3, -0.25) is 0 Å². The van der Waals surface area contributed by atoms with Crippen LogP contribution >= 0.6 is 34.8 Å². The van der Waals surface area contributed by atoms with Gasteiger partial charge in [0.2, 0.25) is 5.06 Å². The molecule has 1 aliphatic rings. The molecule has 0 saturated heterocycles. The summed E-state index contributed by atoms with van der Waals surface area (Å²) < 4.78 is 41.4. The average Bonchev–Trinajstić information content (AvgIpc) is 2.23. The Kier molecular flexibility index (Phi) is 3.14. The molecular weight excluding hydrogens is 277 g/mol. The Bertz CT molecular complexity index is 302. The van der Waals surface area contributed by atoms with Gasteiger partial charge in [0.05, 0.1) is 0 Å². The minimum atomic E-state index is -4.70. The SMILES string of the molecule is CC1(C)N=C(C(F)(F)F)OC1(Cl)C(Cl)Cl. The highest BCUT2D eigenvalue weighted by Crippen LogP contribution is 2.47. The number of halogens is 6. The summed E-state index contributed by atoms with van der Waals surface area (Å²) in [6.07, 6.45) is -4.70. The molecule has 1 unspecified atom stereocenters. The van der Waals surface area contributed by atoms with Gasteiger partial charge in [-0.1, -0.05) is 34.8 Å². The summed E-state index contributed by atoms with van der Waals surface area (Å²) in [6, 6.07) is 0. The van der Waals surface area contributed by atoms with Crippen LogP contribution in [0.3, 0.4) is 0 Å². The number of ether oxygens (including phenoxy) is 1. The van der Waals surface area contributed by atoms with Crippen LogP contribution in [-0.4, -0.2) is 27.5 Å². The molecule has 0 aromatic rings. The Morgan fingerprint density at radius 3 is 2.00 bits per heavy atom. The largest absolute Gasteiger partial charge is 0.468 e. The van der Waals surface area contributed by atoms with Gasteiger partial charge in [0.25, 0.3) is 5.90 Å². The van der Waals surface area contributed by atoms with Crippen molar-refractivity contribution < 1.29 is 17.9 Å². The molecule has 15 heavy (non-hydrogen) atoms. The first kappa shape index (κ1) is 13.2. The van der Waals surface area contributed by atoms with Crippen LogP contribution in [0.5, 0.6) is 0 Å². The highest BCUT2D eigenvalue weighted by Gasteiger charge is 2.60. The van der Waals surface area contributed by atoms with Crippen molar-refractivity contribution >= 4 is 40.7 Å². The topological polar surface area (TPSA) is 21.6 Å². The molecule has 0 N–H and O–H groups in total. The van der Waals surface area contributed by atoms with Crippen LogP contribution in [0, 0.1) is 0 Å². The van der Waals surface area contributed by atoms with Crippen LogP contribution < -0.4 is 0 Å². The highest BCUT2D eigenvalue weighted by molar-refractivity contribution is 6.49. The Morgan fingerprint density at radius 1 is 1.33 bits per heavy atom. The normalized spacial score (nSPS) is 30.3. The van der Waals surface area contributed by atoms with Crippen molar-refractivity contribution in [1.82, 2.24) is 0 Å². The van der Waals surface area contributed by atoms with Gasteiger partial charge in [-0.2, -0.15) is 13.2 Å². The van der Waals surface area contributed by atoms with Crippen molar-refractivity contribution in [2.75, 3.05) is 0 Å². The minimum Gasteiger partial charge on any atom is -0.446 e. The molecule has 0 radical (unpaired) electrons. The molecule has 1 aliphatic heterocycles. The summed E-state index contributed by atoms with van der Waals surface area (Å²) in [5, 5.41) is -1.90. The lowest BCUT2D eigenvalue weighted by molar-refractivity contribution is -0.0818. The monoisotopic (exact) mass is 283 g/mol. The number of alkyl halides is 6. The Balaban J connectivity index is 3.08. The van der Waals surface area contributed by atoms with E-state index in [-0.39, 0.29) is 0 Å². The lowest BCUT2D eigenvalue weighted by atomic mass is 10.00. The summed E-state index contributed by atoms with van der Waals surface area (Å²) >= 11 is 16.8. The van der Waals surface area contributed by atoms with Crippen molar-refractivity contribution in [2.45, 2.75) is 35.5 Å². The summed E-state index contributed by atoms with van der Waals surface area (Å²) in [4.78, 5) is 2.00. The number of nitrogens with zero attached hydrogens (tertiary/aromatic N) is 1. The standard InChI is InChI=1S/C7H7Cl3F3NO/c1-5(2)6(10,3(8)9)15-4(14-5)7(11,12)13/h3H,1-2H3. The summed E-state index contributed by atoms with van der Waals surface area (Å²) in [5.74, 6) is -1.41. The maximum atomic E-state index is 12.3. The van der Waals surface area contributed by atoms with Crippen molar-refractivity contribution in [3.63, 3.8) is 0 Å². The van der Waals surface area contributed by atoms with Gasteiger partial charge in [0, 0.05) is 0 Å². The fraction of sp³-hybridized carbons (Fsp3) is 0.857. The third-order valence-corrected chi connectivity index (χ3v) is 3.58. The third kappa shape index (κ3) is 2.15. The maximum absolute atomic E-state index is 12.3. The van der Waals surface area contributed by atoms with Crippen LogP contribution in [-0.2, 0) is 4.74 Å². The zero-order valence-electron chi connectivity index (χ0n) is 7.70. The van der Waals surface area contributed by atoms with Gasteiger partial charge >= 0.3 is 6.18 Å². The van der Waals surface area contributed by atoms with E-state index in [0.717, 1.165) is 0 Å². The predicted molar refractivity (Wildman–Crippen MR) is 52.7 cm³/mol. The summed E-state index contributed by atoms with van der Waals surface area (Å²) in [6.45, 7) is 2.72. The maximum Gasteiger partial charge on any atom is 0.468 e. The van der Waals surface area contributed by atoms with Crippen molar-refractivity contribution in [2.24, 2.45) is 4.99 Å². The van der Waals surface area contributed by atoms with Gasteiger partial charge in [0.15, 0.2) is 4.84 Å². The Labute approximate surface area is 99.3 Å². The second-order valence-corrected chi connectivity index (χ2v) is 5.18. The van der Waals surface area contributed by atoms with Gasteiger partial charge in [-0.15, -0.1) is 0 Å². The van der Waals surface area contributed by atoms with E-state index >= 15 is 0 Å². The van der Waals surface area contributed by atoms with E-state index in [1.165, 1.54) is 13.8 Å². The third-order valence-electron chi connectivity index (χ3n) is 1.98. The first-order chi connectivity index (χ1) is 6.51. The molecular formula is C7H7Cl3F3NO. The predicted octanol–water partition coefficient (Wildman–Crippen LogP) is 3.49. The summed E-state index contributed by atoms with van der Waals surface area (Å²) in [5.41, 5.74) is -1.35. The average molecular weight is 284 g/mol. The van der Waals surface area contributed by atoms with Gasteiger partial charge < -0.3 is 4.74 Å². The first-order valence-corrected chi connectivity index (χ1v) is 5.09. The molecule has 0 saturated carbocycles. The van der Waals surface area contributed by atoms with E-state index in [9.17, 15) is 13.2 Å². The molecule has 2 nitrogen and oxygen atoms in total. The molecule has 0 bridgehead atoms. The molecule has 0 aromatic heterocycles. The fourth-order valence-corrected chi connectivity index (χ4v) is 1.79. The van der Waals surface area contributed by atoms with Gasteiger partial charge in [0.1, 0.15) is 5.54 Å². The van der Waals surface area contributed by atoms with Gasteiger partial charge in [-0.25, -0.2) is 4.99 Å². The van der Waals surface area contributed by atoms with E-state index in [2.05, 4.69) is 9.73 Å². The van der Waals surface area contributed by atoms with Crippen LogP contribution in [0.1, 0.15) is 13.8 Å². The molecule has 0 spiro atoms. The van der Waals surface area contributed by atoms with E-state index < -0.39 is 27.5 Å². The number of hydrogen-bond donors (Lipinski definition) is 0. The van der Waals surface area contributed by atoms with Crippen LogP contribution in [0.4, 0.5) is 13.2 Å². The molecule has 0 aromatic carbocycles. The Morgan fingerprint density at radius 2 is 1.80 bits per heavy atom. The van der Waals surface area contributed by atoms with Crippen LogP contribution in [0.25, 0.3) is 0 Å². The van der Waals surface area contributed by atoms with Crippen molar-refractivity contribution in [3.05, 3.63) is 0 Å². The van der Waals surface area contributed by atoms with E-state index in [0.29, 0.717) is 0 Å². The van der Waals surface area contributed by atoms with Crippen molar-refractivity contribution in [3.8, 4) is 0 Å². The van der Waals surface area contributed by atoms with Gasteiger partial charge in [-0.05, 0) is 13.8 Å². The molecule has 0 amide bonds. The number of aliphatic imine (C=N–C) groups is 1. The lowest BCUT2D eigenvalue weighted by Gasteiger charge is -2.33. The van der Waals surface area contributed by atoms with Crippen molar-refractivity contribution in [1.29, 1.82) is 0 Å². The fourth-order valence-electron chi connectivity index (χ4n) is 1.05. The lowest BCUT2D eigenvalue weighted by Crippen LogP contribution is -2.47. The smallest absolute Gasteiger partial charge is 0.446 e. The molecule has 1 rings (SSSR count). The van der Waals surface area contributed by atoms with Crippen LogP contribution in [0.15, 0.2) is 4.99 Å². The molecule has 1 heterocycles. The molecule has 1 atom stereocenters.